The summed E-state index contributed by atoms with van der Waals surface area (Å²) in [7, 11) is 11.1. The number of hydrogen-bond acceptors (Lipinski definition) is 6. The van der Waals surface area contributed by atoms with E-state index in [1.54, 1.807) is 42.7 Å². The smallest absolute Gasteiger partial charge is 0.169 e. The Bertz CT molecular complexity index is 443. The second-order valence-electron chi connectivity index (χ2n) is 5.75. The number of methoxy groups -OCH3 is 6. The monoisotopic (exact) mass is 374 g/mol. The molecule has 24 heavy (non-hydrogen) atoms. The van der Waals surface area contributed by atoms with Crippen molar-refractivity contribution in [1.29, 1.82) is 0 Å². The van der Waals surface area contributed by atoms with Gasteiger partial charge in [0.15, 0.2) is 10.8 Å². The molecular formula is C16H30O6Si2. The summed E-state index contributed by atoms with van der Waals surface area (Å²) in [5, 5.41) is 0. The first kappa shape index (κ1) is 21.5. The third-order valence-corrected chi connectivity index (χ3v) is 7.27. The van der Waals surface area contributed by atoms with Crippen LogP contribution in [0.3, 0.4) is 0 Å². The van der Waals surface area contributed by atoms with Gasteiger partial charge in [-0.25, -0.2) is 0 Å². The summed E-state index contributed by atoms with van der Waals surface area (Å²) in [5.74, 6) is 0. The van der Waals surface area contributed by atoms with Crippen LogP contribution in [0.2, 0.25) is 0 Å². The number of rotatable bonds is 10. The second kappa shape index (κ2) is 9.21. The van der Waals surface area contributed by atoms with Gasteiger partial charge >= 0.3 is 0 Å². The summed E-state index contributed by atoms with van der Waals surface area (Å²) in [6.45, 7) is 0. The minimum atomic E-state index is -0.739. The van der Waals surface area contributed by atoms with Gasteiger partial charge in [0, 0.05) is 42.7 Å². The fraction of sp³-hybridized carbons (Fsp3) is 0.625. The van der Waals surface area contributed by atoms with Crippen LogP contribution < -0.4 is 0 Å². The average molecular weight is 375 g/mol. The molecule has 1 aromatic rings. The lowest BCUT2D eigenvalue weighted by Crippen LogP contribution is -2.42. The highest BCUT2D eigenvalue weighted by Gasteiger charge is 2.37. The van der Waals surface area contributed by atoms with Crippen LogP contribution >= 0.6 is 0 Å². The first-order valence-corrected chi connectivity index (χ1v) is 9.71. The third-order valence-electron chi connectivity index (χ3n) is 4.59. The van der Waals surface area contributed by atoms with E-state index in [9.17, 15) is 0 Å². The molecule has 0 spiro atoms. The summed E-state index contributed by atoms with van der Waals surface area (Å²) in [6, 6.07) is 7.97. The van der Waals surface area contributed by atoms with Gasteiger partial charge in [-0.1, -0.05) is 24.3 Å². The zero-order chi connectivity index (χ0) is 18.4. The Hall–Kier alpha value is -0.586. The molecular weight excluding hydrogens is 344 g/mol. The molecule has 2 unspecified atom stereocenters. The Kier molecular flexibility index (Phi) is 8.23. The fourth-order valence-corrected chi connectivity index (χ4v) is 3.88. The van der Waals surface area contributed by atoms with E-state index in [0.29, 0.717) is 20.5 Å². The molecule has 2 atom stereocenters. The van der Waals surface area contributed by atoms with Gasteiger partial charge in [0.05, 0.1) is 20.5 Å². The Labute approximate surface area is 150 Å². The predicted octanol–water partition coefficient (Wildman–Crippen LogP) is -0.314. The van der Waals surface area contributed by atoms with Crippen LogP contribution in [0.5, 0.6) is 0 Å². The Morgan fingerprint density at radius 2 is 0.875 bits per heavy atom. The molecule has 8 heteroatoms. The summed E-state index contributed by atoms with van der Waals surface area (Å²) >= 11 is 0. The van der Waals surface area contributed by atoms with Crippen molar-refractivity contribution in [2.24, 2.45) is 0 Å². The molecule has 0 saturated heterocycles. The van der Waals surface area contributed by atoms with E-state index in [1.165, 1.54) is 0 Å². The lowest BCUT2D eigenvalue weighted by molar-refractivity contribution is -0.211. The molecule has 0 heterocycles. The van der Waals surface area contributed by atoms with E-state index in [2.05, 4.69) is 0 Å². The van der Waals surface area contributed by atoms with Crippen LogP contribution in [0.4, 0.5) is 0 Å². The molecule has 0 radical (unpaired) electrons. The number of benzene rings is 1. The predicted molar refractivity (Wildman–Crippen MR) is 99.3 cm³/mol. The maximum absolute atomic E-state index is 5.63. The summed E-state index contributed by atoms with van der Waals surface area (Å²) in [5.41, 5.74) is 0.474. The van der Waals surface area contributed by atoms with E-state index >= 15 is 0 Å². The quantitative estimate of drug-likeness (QED) is 0.414. The molecule has 0 bridgehead atoms. The largest absolute Gasteiger partial charge is 0.372 e. The highest BCUT2D eigenvalue weighted by atomic mass is 28.2. The van der Waals surface area contributed by atoms with E-state index in [-0.39, 0.29) is 12.2 Å². The average Bonchev–Trinajstić information content (AvgIpc) is 2.63. The molecule has 0 fully saturated rings. The summed E-state index contributed by atoms with van der Waals surface area (Å²) < 4.78 is 33.4. The van der Waals surface area contributed by atoms with E-state index < -0.39 is 10.8 Å². The molecule has 0 aliphatic rings. The van der Waals surface area contributed by atoms with Gasteiger partial charge in [-0.15, -0.1) is 0 Å². The Balaban J connectivity index is 3.15. The molecule has 138 valence electrons. The zero-order valence-electron chi connectivity index (χ0n) is 15.9. The minimum Gasteiger partial charge on any atom is -0.372 e. The van der Waals surface area contributed by atoms with Gasteiger partial charge in [-0.05, 0) is 11.1 Å². The van der Waals surface area contributed by atoms with Gasteiger partial charge < -0.3 is 28.4 Å². The molecule has 0 saturated carbocycles. The lowest BCUT2D eigenvalue weighted by Gasteiger charge is -2.36. The first-order valence-electron chi connectivity index (χ1n) is 7.71. The highest BCUT2D eigenvalue weighted by molar-refractivity contribution is 6.14. The van der Waals surface area contributed by atoms with Crippen molar-refractivity contribution in [3.05, 3.63) is 35.4 Å². The van der Waals surface area contributed by atoms with Crippen LogP contribution in [-0.4, -0.2) is 74.0 Å². The second-order valence-corrected chi connectivity index (χ2v) is 8.53. The SMILES string of the molecule is COC(c1ccc(C(OC)C([SiH3])(OC)OC)cc1)C([SiH3])(OC)OC. The highest BCUT2D eigenvalue weighted by Crippen LogP contribution is 2.34. The van der Waals surface area contributed by atoms with Gasteiger partial charge in [0.25, 0.3) is 0 Å². The molecule has 0 N–H and O–H groups in total. The van der Waals surface area contributed by atoms with Crippen molar-refractivity contribution < 1.29 is 28.4 Å². The van der Waals surface area contributed by atoms with Crippen molar-refractivity contribution in [2.45, 2.75) is 23.0 Å². The third kappa shape index (κ3) is 4.33. The van der Waals surface area contributed by atoms with Crippen molar-refractivity contribution in [2.75, 3.05) is 42.7 Å². The van der Waals surface area contributed by atoms with Crippen LogP contribution in [-0.2, 0) is 28.4 Å². The molecule has 0 aromatic heterocycles. The number of hydrogen-bond donors (Lipinski definition) is 0. The standard InChI is InChI=1S/C16H30O6Si2/c1-17-13(15(23,19-3)20-4)11-7-9-12(10-8-11)14(18-2)16(24,21-5)22-6/h7-10,13-14H,1-6,23-24H3. The van der Waals surface area contributed by atoms with Gasteiger partial charge in [0.2, 0.25) is 0 Å². The maximum Gasteiger partial charge on any atom is 0.169 e. The van der Waals surface area contributed by atoms with Crippen LogP contribution in [0.15, 0.2) is 24.3 Å². The van der Waals surface area contributed by atoms with Crippen molar-refractivity contribution in [3.63, 3.8) is 0 Å². The minimum absolute atomic E-state index is 0.306. The van der Waals surface area contributed by atoms with Gasteiger partial charge in [-0.3, -0.25) is 0 Å². The van der Waals surface area contributed by atoms with Gasteiger partial charge in [0.1, 0.15) is 12.2 Å². The molecule has 0 aliphatic carbocycles. The zero-order valence-corrected chi connectivity index (χ0v) is 19.9. The van der Waals surface area contributed by atoms with Crippen LogP contribution in [0, 0.1) is 0 Å². The Morgan fingerprint density at radius 3 is 1.04 bits per heavy atom. The molecule has 1 rings (SSSR count). The molecule has 0 aliphatic heterocycles. The van der Waals surface area contributed by atoms with E-state index in [0.717, 1.165) is 11.1 Å². The normalized spacial score (nSPS) is 15.6. The maximum atomic E-state index is 5.63. The topological polar surface area (TPSA) is 55.4 Å². The lowest BCUT2D eigenvalue weighted by atomic mass is 10.0. The van der Waals surface area contributed by atoms with Crippen LogP contribution in [0.1, 0.15) is 23.3 Å². The first-order chi connectivity index (χ1) is 11.4. The molecule has 0 amide bonds. The van der Waals surface area contributed by atoms with Crippen molar-refractivity contribution >= 4 is 20.5 Å². The fourth-order valence-electron chi connectivity index (χ4n) is 2.75. The van der Waals surface area contributed by atoms with Crippen LogP contribution in [0.25, 0.3) is 0 Å². The number of ether oxygens (including phenoxy) is 6. The van der Waals surface area contributed by atoms with Crippen molar-refractivity contribution in [1.82, 2.24) is 0 Å². The van der Waals surface area contributed by atoms with E-state index in [1.807, 2.05) is 24.3 Å². The van der Waals surface area contributed by atoms with Gasteiger partial charge in [-0.2, -0.15) is 0 Å². The Morgan fingerprint density at radius 1 is 0.625 bits per heavy atom. The summed E-state index contributed by atoms with van der Waals surface area (Å²) in [4.78, 5) is 0. The summed E-state index contributed by atoms with van der Waals surface area (Å²) in [6.07, 6.45) is -0.611. The molecule has 1 aromatic carbocycles. The van der Waals surface area contributed by atoms with Crippen molar-refractivity contribution in [3.8, 4) is 0 Å². The molecule has 6 nitrogen and oxygen atoms in total. The van der Waals surface area contributed by atoms with E-state index in [4.69, 9.17) is 28.4 Å².